The SMILES string of the molecule is COc1ccc2[nH]c(C3=CC=C([AsH2])N(C)C3)cc2c1. The molecular weight excluding hydrogens is 299 g/mol. The number of fused-ring (bicyclic) bond motifs is 1. The van der Waals surface area contributed by atoms with E-state index in [0.29, 0.717) is 0 Å². The van der Waals surface area contributed by atoms with Gasteiger partial charge in [-0.15, -0.1) is 0 Å². The number of aromatic amines is 1. The van der Waals surface area contributed by atoms with Crippen molar-refractivity contribution in [2.45, 2.75) is 0 Å². The molecule has 0 bridgehead atoms. The molecule has 2 aromatic rings. The predicted octanol–water partition coefficient (Wildman–Crippen LogP) is 1.98. The summed E-state index contributed by atoms with van der Waals surface area (Å²) in [5, 5.41) is 1.19. The van der Waals surface area contributed by atoms with Gasteiger partial charge in [-0.25, -0.2) is 0 Å². The predicted molar refractivity (Wildman–Crippen MR) is 82.1 cm³/mol. The van der Waals surface area contributed by atoms with E-state index >= 15 is 0 Å². The molecule has 1 aliphatic heterocycles. The van der Waals surface area contributed by atoms with Crippen LogP contribution >= 0.6 is 0 Å². The Kier molecular flexibility index (Phi) is 3.15. The Labute approximate surface area is 121 Å². The fourth-order valence-electron chi connectivity index (χ4n) is 2.30. The average molecular weight is 316 g/mol. The number of aromatic nitrogens is 1. The Hall–Kier alpha value is -1.60. The number of hydrogen-bond donors (Lipinski definition) is 1. The summed E-state index contributed by atoms with van der Waals surface area (Å²) in [6, 6.07) is 8.30. The van der Waals surface area contributed by atoms with Gasteiger partial charge in [0.15, 0.2) is 0 Å². The number of allylic oxidation sites excluding steroid dienone is 2. The van der Waals surface area contributed by atoms with Crippen LogP contribution in [0.3, 0.4) is 0 Å². The fraction of sp³-hybridized carbons (Fsp3) is 0.200. The van der Waals surface area contributed by atoms with E-state index in [1.165, 1.54) is 21.1 Å². The van der Waals surface area contributed by atoms with Crippen LogP contribution in [0.4, 0.5) is 0 Å². The van der Waals surface area contributed by atoms with Crippen LogP contribution in [0.2, 0.25) is 0 Å². The summed E-state index contributed by atoms with van der Waals surface area (Å²) in [5.41, 5.74) is 3.65. The molecule has 0 aliphatic carbocycles. The Morgan fingerprint density at radius 3 is 2.84 bits per heavy atom. The van der Waals surface area contributed by atoms with Crippen molar-refractivity contribution < 1.29 is 4.74 Å². The van der Waals surface area contributed by atoms with Crippen LogP contribution in [0.1, 0.15) is 5.69 Å². The van der Waals surface area contributed by atoms with Gasteiger partial charge in [-0.3, -0.25) is 0 Å². The van der Waals surface area contributed by atoms with Crippen molar-refractivity contribution in [3.05, 3.63) is 46.6 Å². The van der Waals surface area contributed by atoms with Crippen LogP contribution in [-0.2, 0) is 0 Å². The molecule has 0 saturated carbocycles. The number of rotatable bonds is 2. The first-order valence-electron chi connectivity index (χ1n) is 6.22. The zero-order valence-corrected chi connectivity index (χ0v) is 13.5. The van der Waals surface area contributed by atoms with Gasteiger partial charge in [-0.2, -0.15) is 0 Å². The van der Waals surface area contributed by atoms with Crippen LogP contribution in [-0.4, -0.2) is 47.4 Å². The quantitative estimate of drug-likeness (QED) is 0.858. The van der Waals surface area contributed by atoms with Gasteiger partial charge >= 0.3 is 121 Å². The van der Waals surface area contributed by atoms with Crippen LogP contribution in [0.15, 0.2) is 40.9 Å². The summed E-state index contributed by atoms with van der Waals surface area (Å²) in [4.78, 5) is 5.76. The van der Waals surface area contributed by atoms with E-state index in [0.717, 1.165) is 17.8 Å². The summed E-state index contributed by atoms with van der Waals surface area (Å²) in [6.07, 6.45) is 4.39. The Morgan fingerprint density at radius 2 is 2.11 bits per heavy atom. The van der Waals surface area contributed by atoms with E-state index in [1.807, 2.05) is 6.07 Å². The molecule has 19 heavy (non-hydrogen) atoms. The van der Waals surface area contributed by atoms with Crippen LogP contribution < -0.4 is 4.74 Å². The second kappa shape index (κ2) is 4.82. The third kappa shape index (κ3) is 2.31. The number of ether oxygens (including phenoxy) is 1. The standard InChI is InChI=1S/C15H17AsN2O/c1-18-9-10(3-6-15(18)16)14-8-11-7-12(19-2)4-5-13(11)17-14/h3-8,17H,9,16H2,1-2H3. The topological polar surface area (TPSA) is 28.3 Å². The van der Waals surface area contributed by atoms with Gasteiger partial charge in [0.05, 0.1) is 0 Å². The molecule has 1 aliphatic rings. The molecule has 98 valence electrons. The zero-order valence-electron chi connectivity index (χ0n) is 11.1. The van der Waals surface area contributed by atoms with E-state index in [-0.39, 0.29) is 0 Å². The second-order valence-electron chi connectivity index (χ2n) is 4.78. The third-order valence-electron chi connectivity index (χ3n) is 3.48. The molecule has 0 fully saturated rings. The van der Waals surface area contributed by atoms with Gasteiger partial charge in [0.2, 0.25) is 0 Å². The minimum absolute atomic E-state index is 0.895. The second-order valence-corrected chi connectivity index (χ2v) is 6.02. The van der Waals surface area contributed by atoms with Gasteiger partial charge in [0.25, 0.3) is 0 Å². The molecule has 1 unspecified atom stereocenters. The molecule has 3 rings (SSSR count). The summed E-state index contributed by atoms with van der Waals surface area (Å²) < 4.78 is 6.62. The number of likely N-dealkylation sites (N-methyl/N-ethyl adjacent to an activating group) is 1. The summed E-state index contributed by atoms with van der Waals surface area (Å²) in [7, 11) is 3.83. The van der Waals surface area contributed by atoms with E-state index in [1.54, 1.807) is 24.0 Å². The van der Waals surface area contributed by atoms with Crippen LogP contribution in [0.5, 0.6) is 5.75 Å². The Bertz CT molecular complexity index is 685. The van der Waals surface area contributed by atoms with Crippen molar-refractivity contribution in [3.63, 3.8) is 0 Å². The molecule has 1 aromatic heterocycles. The maximum absolute atomic E-state index is 5.26. The molecule has 0 spiro atoms. The zero-order chi connectivity index (χ0) is 13.4. The number of nitrogens with zero attached hydrogens (tertiary/aromatic N) is 1. The molecule has 0 amide bonds. The normalized spacial score (nSPS) is 15.4. The molecule has 1 N–H and O–H groups in total. The number of nitrogens with one attached hydrogen (secondary N) is 1. The van der Waals surface area contributed by atoms with Crippen molar-refractivity contribution in [2.24, 2.45) is 0 Å². The number of methoxy groups -OCH3 is 1. The molecule has 4 heteroatoms. The van der Waals surface area contributed by atoms with Gasteiger partial charge < -0.3 is 0 Å². The van der Waals surface area contributed by atoms with E-state index in [2.05, 4.69) is 47.3 Å². The molecule has 0 saturated heterocycles. The number of hydrogen-bond acceptors (Lipinski definition) is 2. The van der Waals surface area contributed by atoms with E-state index in [9.17, 15) is 0 Å². The Balaban J connectivity index is 2.02. The molecule has 3 nitrogen and oxygen atoms in total. The van der Waals surface area contributed by atoms with Gasteiger partial charge in [0.1, 0.15) is 0 Å². The van der Waals surface area contributed by atoms with Crippen LogP contribution in [0.25, 0.3) is 16.5 Å². The monoisotopic (exact) mass is 316 g/mol. The third-order valence-corrected chi connectivity index (χ3v) is 4.81. The maximum atomic E-state index is 5.26. The average Bonchev–Trinajstić information content (AvgIpc) is 2.84. The van der Waals surface area contributed by atoms with E-state index in [4.69, 9.17) is 4.74 Å². The Morgan fingerprint density at radius 1 is 1.26 bits per heavy atom. The summed E-state index contributed by atoms with van der Waals surface area (Å²) in [6.45, 7) is 0.952. The van der Waals surface area contributed by atoms with Crippen molar-refractivity contribution in [1.29, 1.82) is 0 Å². The first kappa shape index (κ1) is 12.4. The fourth-order valence-corrected chi connectivity index (χ4v) is 2.69. The van der Waals surface area contributed by atoms with Crippen LogP contribution in [0, 0.1) is 0 Å². The molecule has 1 atom stereocenters. The van der Waals surface area contributed by atoms with Crippen molar-refractivity contribution in [3.8, 4) is 5.75 Å². The van der Waals surface area contributed by atoms with Crippen molar-refractivity contribution in [1.82, 2.24) is 9.88 Å². The van der Waals surface area contributed by atoms with Gasteiger partial charge in [-0.1, -0.05) is 0 Å². The summed E-state index contributed by atoms with van der Waals surface area (Å²) >= 11 is 1.66. The van der Waals surface area contributed by atoms with Gasteiger partial charge in [-0.05, 0) is 0 Å². The molecular formula is C15H17AsN2O. The molecule has 0 radical (unpaired) electrons. The molecule has 2 heterocycles. The first-order chi connectivity index (χ1) is 9.17. The van der Waals surface area contributed by atoms with Crippen molar-refractivity contribution in [2.75, 3.05) is 20.7 Å². The first-order valence-corrected chi connectivity index (χ1v) is 7.43. The van der Waals surface area contributed by atoms with E-state index < -0.39 is 0 Å². The minimum atomic E-state index is 0.895. The summed E-state index contributed by atoms with van der Waals surface area (Å²) in [5.74, 6) is 0.895. The number of H-pyrrole nitrogens is 1. The van der Waals surface area contributed by atoms with Crippen molar-refractivity contribution >= 4 is 33.3 Å². The number of benzene rings is 1. The molecule has 1 aromatic carbocycles. The van der Waals surface area contributed by atoms with Gasteiger partial charge in [0, 0.05) is 0 Å².